The fourth-order valence-corrected chi connectivity index (χ4v) is 4.00. The van der Waals surface area contributed by atoms with E-state index in [1.165, 1.54) is 17.0 Å². The molecule has 1 heterocycles. The van der Waals surface area contributed by atoms with Crippen LogP contribution in [0.2, 0.25) is 5.02 Å². The number of halogens is 1. The second-order valence-corrected chi connectivity index (χ2v) is 7.58. The number of nitrogens with one attached hydrogen (secondary N) is 1. The van der Waals surface area contributed by atoms with Crippen LogP contribution in [0.15, 0.2) is 35.3 Å². The van der Waals surface area contributed by atoms with Crippen LogP contribution in [0.5, 0.6) is 0 Å². The normalized spacial score (nSPS) is 20.1. The molecule has 0 spiro atoms. The minimum atomic E-state index is 0.205. The Bertz CT molecular complexity index is 766. The van der Waals surface area contributed by atoms with E-state index in [-0.39, 0.29) is 12.0 Å². The zero-order valence-electron chi connectivity index (χ0n) is 15.5. The molecule has 0 aliphatic heterocycles. The highest BCUT2D eigenvalue weighted by molar-refractivity contribution is 6.30. The predicted molar refractivity (Wildman–Crippen MR) is 109 cm³/mol. The van der Waals surface area contributed by atoms with Crippen molar-refractivity contribution in [3.8, 4) is 5.69 Å². The van der Waals surface area contributed by atoms with E-state index in [9.17, 15) is 0 Å². The molecule has 1 aromatic heterocycles. The Kier molecular flexibility index (Phi) is 5.89. The first-order valence-corrected chi connectivity index (χ1v) is 9.57. The maximum absolute atomic E-state index is 6.02. The molecule has 0 atom stereocenters. The summed E-state index contributed by atoms with van der Waals surface area (Å²) in [7, 11) is 0. The van der Waals surface area contributed by atoms with Crippen LogP contribution in [0.1, 0.15) is 42.6 Å². The van der Waals surface area contributed by atoms with E-state index >= 15 is 0 Å². The van der Waals surface area contributed by atoms with Crippen LogP contribution < -0.4 is 16.8 Å². The molecule has 2 aromatic rings. The van der Waals surface area contributed by atoms with Gasteiger partial charge in [-0.05, 0) is 75.4 Å². The van der Waals surface area contributed by atoms with Gasteiger partial charge in [-0.25, -0.2) is 0 Å². The van der Waals surface area contributed by atoms with E-state index in [2.05, 4.69) is 46.9 Å². The lowest BCUT2D eigenvalue weighted by Gasteiger charge is -2.27. The van der Waals surface area contributed by atoms with Crippen molar-refractivity contribution in [2.45, 2.75) is 58.2 Å². The Morgan fingerprint density at radius 3 is 2.42 bits per heavy atom. The molecule has 1 aromatic carbocycles. The van der Waals surface area contributed by atoms with Gasteiger partial charge in [-0.3, -0.25) is 4.99 Å². The van der Waals surface area contributed by atoms with Crippen molar-refractivity contribution < 1.29 is 0 Å². The van der Waals surface area contributed by atoms with E-state index in [1.54, 1.807) is 0 Å². The third-order valence-electron chi connectivity index (χ3n) is 5.23. The average molecular weight is 374 g/mol. The SMILES string of the molecule is Cc1cc(CNC2CCC(N=C(N)N)CC2)c(C)n1-c1ccc(Cl)cc1. The minimum absolute atomic E-state index is 0.205. The number of benzene rings is 1. The number of aryl methyl sites for hydroxylation is 1. The van der Waals surface area contributed by atoms with Gasteiger partial charge in [0, 0.05) is 34.7 Å². The Hall–Kier alpha value is -1.98. The van der Waals surface area contributed by atoms with Gasteiger partial charge in [0.05, 0.1) is 6.04 Å². The number of rotatable bonds is 5. The molecule has 3 rings (SSSR count). The zero-order valence-corrected chi connectivity index (χ0v) is 16.3. The standard InChI is InChI=1S/C20H28ClN5/c1-13-11-15(14(2)26(13)19-9-3-16(21)4-10-19)12-24-17-5-7-18(8-6-17)25-20(22)23/h3-4,9-11,17-18,24H,5-8,12H2,1-2H3,(H4,22,23,25). The molecule has 26 heavy (non-hydrogen) atoms. The van der Waals surface area contributed by atoms with Crippen LogP contribution in [0, 0.1) is 13.8 Å². The van der Waals surface area contributed by atoms with Gasteiger partial charge in [0.2, 0.25) is 0 Å². The third kappa shape index (κ3) is 4.40. The van der Waals surface area contributed by atoms with Gasteiger partial charge in [-0.1, -0.05) is 11.6 Å². The molecule has 0 unspecified atom stereocenters. The maximum atomic E-state index is 6.02. The monoisotopic (exact) mass is 373 g/mol. The minimum Gasteiger partial charge on any atom is -0.370 e. The van der Waals surface area contributed by atoms with Gasteiger partial charge in [-0.15, -0.1) is 0 Å². The molecule has 1 fully saturated rings. The molecule has 5 nitrogen and oxygen atoms in total. The maximum Gasteiger partial charge on any atom is 0.186 e. The average Bonchev–Trinajstić information content (AvgIpc) is 2.89. The summed E-state index contributed by atoms with van der Waals surface area (Å²) in [4.78, 5) is 4.29. The number of aromatic nitrogens is 1. The van der Waals surface area contributed by atoms with Gasteiger partial charge in [0.15, 0.2) is 5.96 Å². The van der Waals surface area contributed by atoms with Gasteiger partial charge in [-0.2, -0.15) is 0 Å². The highest BCUT2D eigenvalue weighted by atomic mass is 35.5. The largest absolute Gasteiger partial charge is 0.370 e. The van der Waals surface area contributed by atoms with Crippen molar-refractivity contribution in [1.82, 2.24) is 9.88 Å². The Morgan fingerprint density at radius 2 is 1.81 bits per heavy atom. The van der Waals surface area contributed by atoms with Crippen LogP contribution >= 0.6 is 11.6 Å². The number of hydrogen-bond acceptors (Lipinski definition) is 2. The molecule has 0 amide bonds. The molecule has 1 aliphatic carbocycles. The summed E-state index contributed by atoms with van der Waals surface area (Å²) in [6, 6.07) is 11.1. The lowest BCUT2D eigenvalue weighted by atomic mass is 9.91. The number of guanidine groups is 1. The molecule has 0 saturated heterocycles. The molecule has 6 heteroatoms. The predicted octanol–water partition coefficient (Wildman–Crippen LogP) is 3.42. The molecule has 0 radical (unpaired) electrons. The van der Waals surface area contributed by atoms with Crippen molar-refractivity contribution in [2.75, 3.05) is 0 Å². The molecule has 1 saturated carbocycles. The smallest absolute Gasteiger partial charge is 0.186 e. The van der Waals surface area contributed by atoms with Crippen LogP contribution in [-0.4, -0.2) is 22.6 Å². The van der Waals surface area contributed by atoms with Crippen molar-refractivity contribution in [1.29, 1.82) is 0 Å². The molecule has 140 valence electrons. The van der Waals surface area contributed by atoms with Gasteiger partial charge in [0.1, 0.15) is 0 Å². The number of nitrogens with zero attached hydrogens (tertiary/aromatic N) is 2. The van der Waals surface area contributed by atoms with Crippen LogP contribution in [0.4, 0.5) is 0 Å². The fraction of sp³-hybridized carbons (Fsp3) is 0.450. The third-order valence-corrected chi connectivity index (χ3v) is 5.48. The van der Waals surface area contributed by atoms with Crippen LogP contribution in [0.25, 0.3) is 5.69 Å². The van der Waals surface area contributed by atoms with Crippen molar-refractivity contribution in [2.24, 2.45) is 16.5 Å². The molecule has 1 aliphatic rings. The van der Waals surface area contributed by atoms with Crippen LogP contribution in [0.3, 0.4) is 0 Å². The summed E-state index contributed by atoms with van der Waals surface area (Å²) < 4.78 is 2.28. The Morgan fingerprint density at radius 1 is 1.15 bits per heavy atom. The number of hydrogen-bond donors (Lipinski definition) is 3. The first-order chi connectivity index (χ1) is 12.4. The highest BCUT2D eigenvalue weighted by Crippen LogP contribution is 2.24. The van der Waals surface area contributed by atoms with Gasteiger partial charge in [0.25, 0.3) is 0 Å². The highest BCUT2D eigenvalue weighted by Gasteiger charge is 2.21. The summed E-state index contributed by atoms with van der Waals surface area (Å²) in [5.74, 6) is 0.205. The summed E-state index contributed by atoms with van der Waals surface area (Å²) in [5, 5.41) is 4.47. The lowest BCUT2D eigenvalue weighted by Crippen LogP contribution is -2.35. The number of aliphatic imine (C=N–C) groups is 1. The van der Waals surface area contributed by atoms with E-state index in [0.29, 0.717) is 6.04 Å². The van der Waals surface area contributed by atoms with Crippen molar-refractivity contribution in [3.05, 3.63) is 52.3 Å². The van der Waals surface area contributed by atoms with E-state index < -0.39 is 0 Å². The van der Waals surface area contributed by atoms with Crippen molar-refractivity contribution >= 4 is 17.6 Å². The lowest BCUT2D eigenvalue weighted by molar-refractivity contribution is 0.342. The molecular formula is C20H28ClN5. The topological polar surface area (TPSA) is 81.4 Å². The Labute approximate surface area is 160 Å². The van der Waals surface area contributed by atoms with Gasteiger partial charge < -0.3 is 21.4 Å². The van der Waals surface area contributed by atoms with E-state index in [0.717, 1.165) is 42.9 Å². The first-order valence-electron chi connectivity index (χ1n) is 9.20. The molecule has 5 N–H and O–H groups in total. The number of nitrogens with two attached hydrogens (primary N) is 2. The summed E-state index contributed by atoms with van der Waals surface area (Å²) >= 11 is 6.02. The second-order valence-electron chi connectivity index (χ2n) is 7.15. The second kappa shape index (κ2) is 8.14. The van der Waals surface area contributed by atoms with Gasteiger partial charge >= 0.3 is 0 Å². The summed E-state index contributed by atoms with van der Waals surface area (Å²) in [6.45, 7) is 5.20. The fourth-order valence-electron chi connectivity index (χ4n) is 3.87. The zero-order chi connectivity index (χ0) is 18.7. The van der Waals surface area contributed by atoms with E-state index in [1.807, 2.05) is 12.1 Å². The van der Waals surface area contributed by atoms with Crippen molar-refractivity contribution in [3.63, 3.8) is 0 Å². The quantitative estimate of drug-likeness (QED) is 0.554. The van der Waals surface area contributed by atoms with Crippen LogP contribution in [-0.2, 0) is 6.54 Å². The Balaban J connectivity index is 1.62. The first kappa shape index (κ1) is 18.8. The molecular weight excluding hydrogens is 346 g/mol. The summed E-state index contributed by atoms with van der Waals surface area (Å²) in [6.07, 6.45) is 4.30. The summed E-state index contributed by atoms with van der Waals surface area (Å²) in [5.41, 5.74) is 16.0. The van der Waals surface area contributed by atoms with E-state index in [4.69, 9.17) is 23.1 Å². The molecule has 0 bridgehead atoms.